The molecule has 0 heterocycles. The lowest BCUT2D eigenvalue weighted by atomic mass is 10.2. The summed E-state index contributed by atoms with van der Waals surface area (Å²) in [6.07, 6.45) is 0. The lowest BCUT2D eigenvalue weighted by Crippen LogP contribution is -2.34. The molecular weight excluding hydrogens is 287 g/mol. The highest BCUT2D eigenvalue weighted by atomic mass is 19.1. The Bertz CT molecular complexity index is 504. The highest BCUT2D eigenvalue weighted by molar-refractivity contribution is 6.04. The van der Waals surface area contributed by atoms with Gasteiger partial charge in [0, 0.05) is 18.7 Å². The van der Waals surface area contributed by atoms with Crippen molar-refractivity contribution in [2.75, 3.05) is 26.4 Å². The second-order valence-corrected chi connectivity index (χ2v) is 5.05. The van der Waals surface area contributed by atoms with Crippen molar-refractivity contribution in [1.82, 2.24) is 5.32 Å². The third-order valence-corrected chi connectivity index (χ3v) is 2.58. The molecule has 0 fully saturated rings. The van der Waals surface area contributed by atoms with Gasteiger partial charge in [0.25, 0.3) is 11.9 Å². The zero-order valence-electron chi connectivity index (χ0n) is 13.3. The molecular formula is C16H23FN2O3. The van der Waals surface area contributed by atoms with E-state index in [9.17, 15) is 9.18 Å². The number of amides is 1. The maximum atomic E-state index is 13.1. The second kappa shape index (κ2) is 9.89. The number of nitrogens with zero attached hydrogens (tertiary/aromatic N) is 1. The van der Waals surface area contributed by atoms with Crippen molar-refractivity contribution in [3.05, 3.63) is 35.6 Å². The monoisotopic (exact) mass is 310 g/mol. The van der Waals surface area contributed by atoms with Crippen LogP contribution in [-0.2, 0) is 9.47 Å². The van der Waals surface area contributed by atoms with Crippen LogP contribution in [0.1, 0.15) is 31.1 Å². The number of hydrogen-bond acceptors (Lipinski definition) is 4. The Kier molecular flexibility index (Phi) is 8.14. The van der Waals surface area contributed by atoms with Gasteiger partial charge in [0.15, 0.2) is 0 Å². The number of nitrogens with one attached hydrogen (secondary N) is 1. The molecule has 1 rings (SSSR count). The van der Waals surface area contributed by atoms with Crippen LogP contribution in [0.2, 0.25) is 0 Å². The Morgan fingerprint density at radius 1 is 1.36 bits per heavy atom. The summed E-state index contributed by atoms with van der Waals surface area (Å²) >= 11 is 0. The first kappa shape index (κ1) is 18.1. The summed E-state index contributed by atoms with van der Waals surface area (Å²) in [5.41, 5.74) is 0.214. The van der Waals surface area contributed by atoms with Gasteiger partial charge in [-0.05, 0) is 31.0 Å². The van der Waals surface area contributed by atoms with Gasteiger partial charge in [-0.15, -0.1) is 0 Å². The zero-order valence-corrected chi connectivity index (χ0v) is 13.3. The fourth-order valence-corrected chi connectivity index (χ4v) is 1.53. The number of halogens is 1. The van der Waals surface area contributed by atoms with Gasteiger partial charge >= 0.3 is 0 Å². The molecule has 22 heavy (non-hydrogen) atoms. The summed E-state index contributed by atoms with van der Waals surface area (Å²) in [5.74, 6) is -0.597. The summed E-state index contributed by atoms with van der Waals surface area (Å²) in [6.45, 7) is 7.72. The van der Waals surface area contributed by atoms with E-state index in [0.717, 1.165) is 6.07 Å². The van der Waals surface area contributed by atoms with Gasteiger partial charge in [-0.2, -0.15) is 0 Å². The van der Waals surface area contributed by atoms with Crippen LogP contribution in [0.25, 0.3) is 0 Å². The van der Waals surface area contributed by atoms with Crippen molar-refractivity contribution in [3.63, 3.8) is 0 Å². The fraction of sp³-hybridized carbons (Fsp3) is 0.500. The number of hydrogen-bond donors (Lipinski definition) is 1. The van der Waals surface area contributed by atoms with Gasteiger partial charge in [-0.1, -0.05) is 19.9 Å². The van der Waals surface area contributed by atoms with Crippen LogP contribution in [0.5, 0.6) is 0 Å². The van der Waals surface area contributed by atoms with E-state index in [1.807, 2.05) is 20.8 Å². The predicted octanol–water partition coefficient (Wildman–Crippen LogP) is 2.62. The molecule has 6 heteroatoms. The van der Waals surface area contributed by atoms with Gasteiger partial charge in [0.2, 0.25) is 0 Å². The van der Waals surface area contributed by atoms with Crippen LogP contribution in [0.15, 0.2) is 29.3 Å². The molecule has 0 saturated heterocycles. The van der Waals surface area contributed by atoms with Crippen molar-refractivity contribution in [3.8, 4) is 0 Å². The number of rotatable bonds is 7. The smallest absolute Gasteiger partial charge is 0.291 e. The van der Waals surface area contributed by atoms with E-state index in [1.54, 1.807) is 0 Å². The Morgan fingerprint density at radius 2 is 2.14 bits per heavy atom. The molecule has 0 aliphatic rings. The molecule has 0 radical (unpaired) electrons. The van der Waals surface area contributed by atoms with Gasteiger partial charge in [0.1, 0.15) is 12.4 Å². The zero-order chi connectivity index (χ0) is 16.4. The maximum Gasteiger partial charge on any atom is 0.291 e. The van der Waals surface area contributed by atoms with Gasteiger partial charge < -0.3 is 9.47 Å². The molecule has 1 amide bonds. The van der Waals surface area contributed by atoms with Gasteiger partial charge in [-0.25, -0.2) is 9.38 Å². The van der Waals surface area contributed by atoms with E-state index in [2.05, 4.69) is 10.3 Å². The molecule has 1 N–H and O–H groups in total. The van der Waals surface area contributed by atoms with E-state index in [-0.39, 0.29) is 18.2 Å². The van der Waals surface area contributed by atoms with E-state index in [4.69, 9.17) is 9.47 Å². The van der Waals surface area contributed by atoms with Crippen molar-refractivity contribution >= 4 is 11.9 Å². The number of carbonyl (C=O) groups excluding carboxylic acids is 1. The third kappa shape index (κ3) is 7.17. The van der Waals surface area contributed by atoms with E-state index < -0.39 is 11.7 Å². The lowest BCUT2D eigenvalue weighted by Gasteiger charge is -2.11. The minimum absolute atomic E-state index is 0.127. The largest absolute Gasteiger partial charge is 0.463 e. The normalized spacial score (nSPS) is 11.6. The minimum Gasteiger partial charge on any atom is -0.463 e. The topological polar surface area (TPSA) is 59.9 Å². The van der Waals surface area contributed by atoms with Crippen molar-refractivity contribution in [2.45, 2.75) is 20.8 Å². The molecule has 1 aromatic carbocycles. The number of carbonyl (C=O) groups is 1. The summed E-state index contributed by atoms with van der Waals surface area (Å²) in [7, 11) is 0. The Morgan fingerprint density at radius 3 is 2.77 bits per heavy atom. The van der Waals surface area contributed by atoms with E-state index >= 15 is 0 Å². The molecule has 0 aliphatic carbocycles. The maximum absolute atomic E-state index is 13.1. The van der Waals surface area contributed by atoms with Crippen LogP contribution in [-0.4, -0.2) is 38.3 Å². The Labute approximate surface area is 130 Å². The average molecular weight is 310 g/mol. The van der Waals surface area contributed by atoms with Crippen molar-refractivity contribution in [1.29, 1.82) is 0 Å². The van der Waals surface area contributed by atoms with Crippen LogP contribution < -0.4 is 5.32 Å². The van der Waals surface area contributed by atoms with Crippen LogP contribution in [0.4, 0.5) is 4.39 Å². The molecule has 0 saturated carbocycles. The van der Waals surface area contributed by atoms with Crippen LogP contribution in [0, 0.1) is 11.7 Å². The molecule has 0 aliphatic heterocycles. The lowest BCUT2D eigenvalue weighted by molar-refractivity contribution is 0.0921. The molecule has 5 nitrogen and oxygen atoms in total. The second-order valence-electron chi connectivity index (χ2n) is 5.05. The number of benzene rings is 1. The molecule has 0 spiro atoms. The first-order chi connectivity index (χ1) is 10.5. The minimum atomic E-state index is -0.467. The van der Waals surface area contributed by atoms with Gasteiger partial charge in [0.05, 0.1) is 6.61 Å². The molecule has 1 aromatic rings. The van der Waals surface area contributed by atoms with E-state index in [0.29, 0.717) is 25.7 Å². The highest BCUT2D eigenvalue weighted by Gasteiger charge is 2.11. The van der Waals surface area contributed by atoms with Crippen LogP contribution >= 0.6 is 0 Å². The Balaban J connectivity index is 2.66. The van der Waals surface area contributed by atoms with Crippen LogP contribution in [0.3, 0.4) is 0 Å². The van der Waals surface area contributed by atoms with E-state index in [1.165, 1.54) is 18.2 Å². The molecule has 0 atom stereocenters. The molecule has 0 aromatic heterocycles. The summed E-state index contributed by atoms with van der Waals surface area (Å²) in [4.78, 5) is 16.3. The van der Waals surface area contributed by atoms with Crippen molar-refractivity contribution in [2.24, 2.45) is 10.9 Å². The standard InChI is InChI=1S/C16H23FN2O3/c1-4-21-8-9-22-16(18-11-12(2)3)19-15(20)13-6-5-7-14(17)10-13/h5-7,10,12H,4,8-9,11H2,1-3H3,(H,18,19,20). The average Bonchev–Trinajstić information content (AvgIpc) is 2.48. The number of ether oxygens (including phenoxy) is 2. The van der Waals surface area contributed by atoms with Gasteiger partial charge in [-0.3, -0.25) is 10.1 Å². The summed E-state index contributed by atoms with van der Waals surface area (Å²) < 4.78 is 23.7. The third-order valence-electron chi connectivity index (χ3n) is 2.58. The van der Waals surface area contributed by atoms with Crippen molar-refractivity contribution < 1.29 is 18.7 Å². The molecule has 0 bridgehead atoms. The molecule has 0 unspecified atom stereocenters. The summed E-state index contributed by atoms with van der Waals surface area (Å²) in [5, 5.41) is 2.56. The highest BCUT2D eigenvalue weighted by Crippen LogP contribution is 2.03. The summed E-state index contributed by atoms with van der Waals surface area (Å²) in [6, 6.07) is 5.57. The Hall–Kier alpha value is -1.95. The first-order valence-electron chi connectivity index (χ1n) is 7.34. The quantitative estimate of drug-likeness (QED) is 0.478. The number of amidine groups is 1. The predicted molar refractivity (Wildman–Crippen MR) is 83.5 cm³/mol. The first-order valence-corrected chi connectivity index (χ1v) is 7.34. The molecule has 122 valence electrons. The fourth-order valence-electron chi connectivity index (χ4n) is 1.53. The number of aliphatic imine (C=N–C) groups is 1. The SMILES string of the molecule is CCOCCOC(=NCC(C)C)NC(=O)c1cccc(F)c1.